The van der Waals surface area contributed by atoms with E-state index in [1.54, 1.807) is 42.7 Å². The molecule has 0 aliphatic carbocycles. The zero-order valence-corrected chi connectivity index (χ0v) is 15.4. The van der Waals surface area contributed by atoms with Crippen LogP contribution in [0.1, 0.15) is 12.8 Å². The topological polar surface area (TPSA) is 79.4 Å². The van der Waals surface area contributed by atoms with Gasteiger partial charge in [-0.2, -0.15) is 4.31 Å². The molecule has 4 rings (SSSR count). The maximum atomic E-state index is 13.2. The quantitative estimate of drug-likeness (QED) is 0.753. The molecule has 0 spiro atoms. The minimum absolute atomic E-state index is 0.213. The number of amides is 1. The fourth-order valence-electron chi connectivity index (χ4n) is 3.41. The van der Waals surface area contributed by atoms with Crippen LogP contribution in [0.2, 0.25) is 0 Å². The van der Waals surface area contributed by atoms with Crippen LogP contribution in [0.5, 0.6) is 0 Å². The van der Waals surface area contributed by atoms with Crippen molar-refractivity contribution in [2.24, 2.45) is 0 Å². The third-order valence-corrected chi connectivity index (χ3v) is 6.69. The second kappa shape index (κ2) is 7.09. The Balaban J connectivity index is 1.62. The number of carbonyl (C=O) groups excluding carboxylic acids is 1. The van der Waals surface area contributed by atoms with Gasteiger partial charge in [0.05, 0.1) is 4.90 Å². The van der Waals surface area contributed by atoms with Gasteiger partial charge in [0, 0.05) is 24.6 Å². The van der Waals surface area contributed by atoms with Crippen molar-refractivity contribution in [1.82, 2.24) is 9.29 Å². The summed E-state index contributed by atoms with van der Waals surface area (Å²) in [5.41, 5.74) is 0.602. The number of benzene rings is 2. The number of anilines is 1. The van der Waals surface area contributed by atoms with Gasteiger partial charge in [-0.05, 0) is 47.9 Å². The highest BCUT2D eigenvalue weighted by Gasteiger charge is 2.39. The Hall–Kier alpha value is -2.77. The number of pyridine rings is 1. The third-order valence-electron chi connectivity index (χ3n) is 4.78. The standard InChI is InChI=1S/C20H19N3O3S/c24-20(22-17-9-11-21-12-10-17)19-6-3-13-23(19)27(25,26)18-8-7-15-4-1-2-5-16(15)14-18/h1-2,4-5,7-12,14,19H,3,6,13H2,(H,21,22,24)/t19-/m1/s1. The van der Waals surface area contributed by atoms with E-state index in [1.807, 2.05) is 24.3 Å². The van der Waals surface area contributed by atoms with E-state index in [1.165, 1.54) is 4.31 Å². The molecule has 7 heteroatoms. The Bertz CT molecular complexity index is 1080. The highest BCUT2D eigenvalue weighted by molar-refractivity contribution is 7.89. The minimum Gasteiger partial charge on any atom is -0.325 e. The van der Waals surface area contributed by atoms with E-state index in [0.717, 1.165) is 10.8 Å². The van der Waals surface area contributed by atoms with Gasteiger partial charge in [-0.3, -0.25) is 9.78 Å². The molecule has 138 valence electrons. The van der Waals surface area contributed by atoms with Crippen molar-refractivity contribution in [3.8, 4) is 0 Å². The summed E-state index contributed by atoms with van der Waals surface area (Å²) in [5, 5.41) is 4.62. The fourth-order valence-corrected chi connectivity index (χ4v) is 5.11. The number of sulfonamides is 1. The Kier molecular flexibility index (Phi) is 4.63. The van der Waals surface area contributed by atoms with Gasteiger partial charge in [0.25, 0.3) is 0 Å². The lowest BCUT2D eigenvalue weighted by atomic mass is 10.1. The summed E-state index contributed by atoms with van der Waals surface area (Å²) in [6, 6.07) is 15.3. The van der Waals surface area contributed by atoms with Gasteiger partial charge in [0.2, 0.25) is 15.9 Å². The molecular formula is C20H19N3O3S. The molecule has 0 bridgehead atoms. The van der Waals surface area contributed by atoms with Gasteiger partial charge in [-0.1, -0.05) is 30.3 Å². The first-order chi connectivity index (χ1) is 13.1. The molecule has 1 aliphatic heterocycles. The molecule has 1 aliphatic rings. The molecule has 3 aromatic rings. The van der Waals surface area contributed by atoms with Crippen molar-refractivity contribution in [3.63, 3.8) is 0 Å². The van der Waals surface area contributed by atoms with Gasteiger partial charge in [-0.25, -0.2) is 8.42 Å². The van der Waals surface area contributed by atoms with E-state index in [9.17, 15) is 13.2 Å². The molecule has 27 heavy (non-hydrogen) atoms. The van der Waals surface area contributed by atoms with E-state index in [0.29, 0.717) is 25.1 Å². The van der Waals surface area contributed by atoms with Crippen LogP contribution in [0, 0.1) is 0 Å². The minimum atomic E-state index is -3.76. The van der Waals surface area contributed by atoms with Crippen LogP contribution in [0.3, 0.4) is 0 Å². The normalized spacial score (nSPS) is 17.9. The van der Waals surface area contributed by atoms with Crippen molar-refractivity contribution in [2.75, 3.05) is 11.9 Å². The Morgan fingerprint density at radius 3 is 2.56 bits per heavy atom. The van der Waals surface area contributed by atoms with Gasteiger partial charge < -0.3 is 5.32 Å². The van der Waals surface area contributed by atoms with Crippen molar-refractivity contribution >= 4 is 32.4 Å². The molecule has 1 fully saturated rings. The third kappa shape index (κ3) is 3.43. The number of fused-ring (bicyclic) bond motifs is 1. The lowest BCUT2D eigenvalue weighted by Gasteiger charge is -2.23. The molecule has 2 aromatic carbocycles. The molecular weight excluding hydrogens is 362 g/mol. The van der Waals surface area contributed by atoms with Crippen LogP contribution in [0.25, 0.3) is 10.8 Å². The second-order valence-corrected chi connectivity index (χ2v) is 8.40. The first-order valence-corrected chi connectivity index (χ1v) is 10.2. The maximum Gasteiger partial charge on any atom is 0.243 e. The molecule has 0 unspecified atom stereocenters. The van der Waals surface area contributed by atoms with Gasteiger partial charge in [0.1, 0.15) is 6.04 Å². The van der Waals surface area contributed by atoms with Crippen LogP contribution in [0.4, 0.5) is 5.69 Å². The number of nitrogens with one attached hydrogen (secondary N) is 1. The monoisotopic (exact) mass is 381 g/mol. The second-order valence-electron chi connectivity index (χ2n) is 6.51. The summed E-state index contributed by atoms with van der Waals surface area (Å²) in [6.45, 7) is 0.337. The average molecular weight is 381 g/mol. The van der Waals surface area contributed by atoms with Crippen molar-refractivity contribution in [3.05, 3.63) is 67.0 Å². The Morgan fingerprint density at radius 1 is 1.04 bits per heavy atom. The highest BCUT2D eigenvalue weighted by Crippen LogP contribution is 2.28. The number of carbonyl (C=O) groups is 1. The molecule has 0 radical (unpaired) electrons. The van der Waals surface area contributed by atoms with E-state index >= 15 is 0 Å². The van der Waals surface area contributed by atoms with E-state index < -0.39 is 16.1 Å². The first-order valence-electron chi connectivity index (χ1n) is 8.77. The predicted molar refractivity (Wildman–Crippen MR) is 104 cm³/mol. The average Bonchev–Trinajstić information content (AvgIpc) is 3.19. The zero-order valence-electron chi connectivity index (χ0n) is 14.6. The summed E-state index contributed by atoms with van der Waals surface area (Å²) in [7, 11) is -3.76. The van der Waals surface area contributed by atoms with Crippen molar-refractivity contribution in [1.29, 1.82) is 0 Å². The summed E-state index contributed by atoms with van der Waals surface area (Å²) >= 11 is 0. The number of rotatable bonds is 4. The Morgan fingerprint density at radius 2 is 1.78 bits per heavy atom. The largest absolute Gasteiger partial charge is 0.325 e. The van der Waals surface area contributed by atoms with Crippen LogP contribution in [0.15, 0.2) is 71.9 Å². The molecule has 1 saturated heterocycles. The van der Waals surface area contributed by atoms with Gasteiger partial charge in [0.15, 0.2) is 0 Å². The van der Waals surface area contributed by atoms with E-state index in [2.05, 4.69) is 10.3 Å². The van der Waals surface area contributed by atoms with Crippen LogP contribution in [-0.2, 0) is 14.8 Å². The summed E-state index contributed by atoms with van der Waals surface area (Å²) in [4.78, 5) is 16.8. The summed E-state index contributed by atoms with van der Waals surface area (Å²) in [6.07, 6.45) is 4.31. The fraction of sp³-hybridized carbons (Fsp3) is 0.200. The lowest BCUT2D eigenvalue weighted by molar-refractivity contribution is -0.119. The van der Waals surface area contributed by atoms with Crippen LogP contribution in [-0.4, -0.2) is 36.2 Å². The maximum absolute atomic E-state index is 13.2. The van der Waals surface area contributed by atoms with Crippen molar-refractivity contribution < 1.29 is 13.2 Å². The number of nitrogens with zero attached hydrogens (tertiary/aromatic N) is 2. The first kappa shape index (κ1) is 17.6. The number of hydrogen-bond acceptors (Lipinski definition) is 4. The molecule has 6 nitrogen and oxygen atoms in total. The van der Waals surface area contributed by atoms with E-state index in [4.69, 9.17) is 0 Å². The molecule has 1 atom stereocenters. The number of aromatic nitrogens is 1. The molecule has 1 aromatic heterocycles. The Labute approximate surface area is 157 Å². The van der Waals surface area contributed by atoms with Crippen LogP contribution >= 0.6 is 0 Å². The SMILES string of the molecule is O=C(Nc1ccncc1)[C@H]1CCCN1S(=O)(=O)c1ccc2ccccc2c1. The van der Waals surface area contributed by atoms with Crippen LogP contribution < -0.4 is 5.32 Å². The number of hydrogen-bond donors (Lipinski definition) is 1. The van der Waals surface area contributed by atoms with Gasteiger partial charge in [-0.15, -0.1) is 0 Å². The lowest BCUT2D eigenvalue weighted by Crippen LogP contribution is -2.43. The summed E-state index contributed by atoms with van der Waals surface area (Å²) < 4.78 is 27.7. The predicted octanol–water partition coefficient (Wildman–Crippen LogP) is 3.03. The molecule has 1 amide bonds. The van der Waals surface area contributed by atoms with Crippen molar-refractivity contribution in [2.45, 2.75) is 23.8 Å². The highest BCUT2D eigenvalue weighted by atomic mass is 32.2. The molecule has 1 N–H and O–H groups in total. The molecule has 0 saturated carbocycles. The van der Waals surface area contributed by atoms with E-state index in [-0.39, 0.29) is 10.8 Å². The zero-order chi connectivity index (χ0) is 18.9. The summed E-state index contributed by atoms with van der Waals surface area (Å²) in [5.74, 6) is -0.317. The molecule has 2 heterocycles. The van der Waals surface area contributed by atoms with Gasteiger partial charge >= 0.3 is 0 Å². The smallest absolute Gasteiger partial charge is 0.243 e.